The van der Waals surface area contributed by atoms with Gasteiger partial charge in [0.25, 0.3) is 0 Å². The molecule has 0 bridgehead atoms. The lowest BCUT2D eigenvalue weighted by Crippen LogP contribution is -2.06. The first-order chi connectivity index (χ1) is 6.74. The van der Waals surface area contributed by atoms with Crippen molar-refractivity contribution in [2.24, 2.45) is 0 Å². The van der Waals surface area contributed by atoms with Gasteiger partial charge in [0.05, 0.1) is 18.6 Å². The summed E-state index contributed by atoms with van der Waals surface area (Å²) < 4.78 is 0. The third-order valence-corrected chi connectivity index (χ3v) is 1.58. The fraction of sp³-hybridized carbons (Fsp3) is 0. The lowest BCUT2D eigenvalue weighted by molar-refractivity contribution is 0.178. The van der Waals surface area contributed by atoms with Crippen LogP contribution in [0.3, 0.4) is 0 Å². The molecule has 2 N–H and O–H groups in total. The number of rotatable bonds is 2. The minimum atomic E-state index is 0.164. The number of hydrogen-bond acceptors (Lipinski definition) is 5. The summed E-state index contributed by atoms with van der Waals surface area (Å²) in [6.45, 7) is 0. The van der Waals surface area contributed by atoms with Crippen molar-refractivity contribution in [1.82, 2.24) is 19.9 Å². The van der Waals surface area contributed by atoms with Gasteiger partial charge in [-0.15, -0.1) is 5.10 Å². The monoisotopic (exact) mass is 211 g/mol. The number of anilines is 1. The van der Waals surface area contributed by atoms with Gasteiger partial charge in [0.15, 0.2) is 5.75 Å². The zero-order valence-corrected chi connectivity index (χ0v) is 7.72. The second-order valence-electron chi connectivity index (χ2n) is 2.42. The number of nitrogens with two attached hydrogens (primary N) is 1. The molecule has 72 valence electrons. The molecule has 7 heteroatoms. The summed E-state index contributed by atoms with van der Waals surface area (Å²) in [7, 11) is 0. The Labute approximate surface area is 84.2 Å². The minimum Gasteiger partial charge on any atom is -0.382 e. The number of aromatic nitrogens is 4. The molecule has 0 spiro atoms. The van der Waals surface area contributed by atoms with Crippen LogP contribution in [0.5, 0.6) is 5.75 Å². The summed E-state index contributed by atoms with van der Waals surface area (Å²) in [5, 5.41) is 3.98. The maximum absolute atomic E-state index is 5.50. The van der Waals surface area contributed by atoms with E-state index in [2.05, 4.69) is 15.1 Å². The van der Waals surface area contributed by atoms with E-state index in [1.807, 2.05) is 0 Å². The van der Waals surface area contributed by atoms with Crippen LogP contribution in [0.15, 0.2) is 24.7 Å². The van der Waals surface area contributed by atoms with Crippen LogP contribution in [0.4, 0.5) is 5.82 Å². The van der Waals surface area contributed by atoms with E-state index < -0.39 is 0 Å². The highest BCUT2D eigenvalue weighted by atomic mass is 35.5. The molecule has 2 heterocycles. The average molecular weight is 212 g/mol. The van der Waals surface area contributed by atoms with E-state index in [1.54, 1.807) is 12.3 Å². The molecule has 0 atom stereocenters. The quantitative estimate of drug-likeness (QED) is 0.742. The second kappa shape index (κ2) is 3.51. The van der Waals surface area contributed by atoms with Crippen molar-refractivity contribution in [3.63, 3.8) is 0 Å². The number of nitrogens with zero attached hydrogens (tertiary/aromatic N) is 4. The molecule has 0 saturated carbocycles. The Balaban J connectivity index is 2.15. The first-order valence-corrected chi connectivity index (χ1v) is 4.09. The van der Waals surface area contributed by atoms with Crippen molar-refractivity contribution in [2.45, 2.75) is 0 Å². The number of hydrogen-bond donors (Lipinski definition) is 1. The van der Waals surface area contributed by atoms with Gasteiger partial charge in [-0.3, -0.25) is 0 Å². The average Bonchev–Trinajstić information content (AvgIpc) is 2.56. The Morgan fingerprint density at radius 1 is 1.36 bits per heavy atom. The molecular formula is C7H6ClN5O. The highest BCUT2D eigenvalue weighted by molar-refractivity contribution is 6.28. The summed E-state index contributed by atoms with van der Waals surface area (Å²) in [5.74, 6) is 0.803. The van der Waals surface area contributed by atoms with Crippen molar-refractivity contribution in [2.75, 3.05) is 5.73 Å². The molecule has 0 radical (unpaired) electrons. The number of halogens is 1. The normalized spacial score (nSPS) is 10.1. The predicted octanol–water partition coefficient (Wildman–Crippen LogP) is 0.751. The van der Waals surface area contributed by atoms with Crippen LogP contribution in [-0.4, -0.2) is 19.9 Å². The largest absolute Gasteiger partial charge is 0.382 e. The van der Waals surface area contributed by atoms with E-state index in [4.69, 9.17) is 22.2 Å². The van der Waals surface area contributed by atoms with E-state index in [-0.39, 0.29) is 5.28 Å². The zero-order valence-electron chi connectivity index (χ0n) is 6.96. The van der Waals surface area contributed by atoms with Crippen molar-refractivity contribution in [3.8, 4) is 5.75 Å². The fourth-order valence-corrected chi connectivity index (χ4v) is 0.925. The van der Waals surface area contributed by atoms with Crippen LogP contribution in [0, 0.1) is 0 Å². The summed E-state index contributed by atoms with van der Waals surface area (Å²) in [6, 6.07) is 1.61. The summed E-state index contributed by atoms with van der Waals surface area (Å²) >= 11 is 5.50. The minimum absolute atomic E-state index is 0.164. The number of nitrogen functional groups attached to an aromatic ring is 1. The molecule has 0 fully saturated rings. The lowest BCUT2D eigenvalue weighted by Gasteiger charge is -2.01. The standard InChI is InChI=1S/C7H6ClN5O/c8-7-10-3-5(4-11-7)14-13-2-1-6(9)12-13/h1-4H,(H2,9,12). The van der Waals surface area contributed by atoms with E-state index >= 15 is 0 Å². The topological polar surface area (TPSA) is 78.9 Å². The summed E-state index contributed by atoms with van der Waals surface area (Å²) in [5.41, 5.74) is 5.39. The first kappa shape index (κ1) is 8.76. The molecule has 0 aliphatic rings. The molecule has 2 rings (SSSR count). The van der Waals surface area contributed by atoms with Gasteiger partial charge in [-0.05, 0) is 11.6 Å². The fourth-order valence-electron chi connectivity index (χ4n) is 0.827. The molecule has 0 saturated heterocycles. The molecule has 0 aliphatic carbocycles. The zero-order chi connectivity index (χ0) is 9.97. The van der Waals surface area contributed by atoms with Crippen LogP contribution in [0.1, 0.15) is 0 Å². The molecule has 2 aromatic rings. The van der Waals surface area contributed by atoms with E-state index in [0.717, 1.165) is 0 Å². The Hall–Kier alpha value is -1.82. The molecule has 14 heavy (non-hydrogen) atoms. The smallest absolute Gasteiger partial charge is 0.222 e. The molecule has 2 aromatic heterocycles. The van der Waals surface area contributed by atoms with Crippen molar-refractivity contribution in [1.29, 1.82) is 0 Å². The van der Waals surface area contributed by atoms with Gasteiger partial charge in [-0.2, -0.15) is 0 Å². The van der Waals surface area contributed by atoms with Crippen LogP contribution < -0.4 is 10.6 Å². The maximum Gasteiger partial charge on any atom is 0.222 e. The van der Waals surface area contributed by atoms with Gasteiger partial charge in [0.1, 0.15) is 5.82 Å². The van der Waals surface area contributed by atoms with Gasteiger partial charge >= 0.3 is 0 Å². The van der Waals surface area contributed by atoms with Crippen molar-refractivity contribution >= 4 is 17.4 Å². The Morgan fingerprint density at radius 3 is 2.64 bits per heavy atom. The summed E-state index contributed by atoms with van der Waals surface area (Å²) in [4.78, 5) is 13.9. The Morgan fingerprint density at radius 2 is 2.07 bits per heavy atom. The third-order valence-electron chi connectivity index (χ3n) is 1.38. The predicted molar refractivity (Wildman–Crippen MR) is 49.7 cm³/mol. The molecule has 6 nitrogen and oxygen atoms in total. The van der Waals surface area contributed by atoms with E-state index in [9.17, 15) is 0 Å². The van der Waals surface area contributed by atoms with Crippen LogP contribution in [0.2, 0.25) is 5.28 Å². The highest BCUT2D eigenvalue weighted by Gasteiger charge is 1.99. The van der Waals surface area contributed by atoms with Crippen LogP contribution in [-0.2, 0) is 0 Å². The van der Waals surface area contributed by atoms with E-state index in [0.29, 0.717) is 11.6 Å². The molecular weight excluding hydrogens is 206 g/mol. The van der Waals surface area contributed by atoms with Gasteiger partial charge < -0.3 is 10.6 Å². The van der Waals surface area contributed by atoms with Crippen molar-refractivity contribution < 1.29 is 4.84 Å². The molecule has 0 amide bonds. The Kier molecular flexibility index (Phi) is 2.19. The van der Waals surface area contributed by atoms with Gasteiger partial charge in [-0.25, -0.2) is 9.97 Å². The SMILES string of the molecule is Nc1ccn(Oc2cnc(Cl)nc2)n1. The van der Waals surface area contributed by atoms with E-state index in [1.165, 1.54) is 17.2 Å². The Bertz CT molecular complexity index is 426. The van der Waals surface area contributed by atoms with Gasteiger partial charge in [-0.1, -0.05) is 4.85 Å². The second-order valence-corrected chi connectivity index (χ2v) is 2.76. The highest BCUT2D eigenvalue weighted by Crippen LogP contribution is 2.09. The van der Waals surface area contributed by atoms with Crippen LogP contribution >= 0.6 is 11.6 Å². The van der Waals surface area contributed by atoms with Gasteiger partial charge in [0, 0.05) is 6.07 Å². The lowest BCUT2D eigenvalue weighted by atomic mass is 10.6. The van der Waals surface area contributed by atoms with Crippen molar-refractivity contribution in [3.05, 3.63) is 29.9 Å². The summed E-state index contributed by atoms with van der Waals surface area (Å²) in [6.07, 6.45) is 4.45. The first-order valence-electron chi connectivity index (χ1n) is 3.71. The van der Waals surface area contributed by atoms with Gasteiger partial charge in [0.2, 0.25) is 5.28 Å². The maximum atomic E-state index is 5.50. The third kappa shape index (κ3) is 1.91. The molecule has 0 unspecified atom stereocenters. The molecule has 0 aliphatic heterocycles. The molecule has 0 aromatic carbocycles. The van der Waals surface area contributed by atoms with Crippen LogP contribution in [0.25, 0.3) is 0 Å².